The highest BCUT2D eigenvalue weighted by Crippen LogP contribution is 2.28. The van der Waals surface area contributed by atoms with Crippen LogP contribution >= 0.6 is 0 Å². The van der Waals surface area contributed by atoms with Crippen molar-refractivity contribution in [2.75, 3.05) is 13.2 Å². The van der Waals surface area contributed by atoms with E-state index in [0.29, 0.717) is 0 Å². The number of amides is 1. The third kappa shape index (κ3) is 4.31. The van der Waals surface area contributed by atoms with Gasteiger partial charge in [0.25, 0.3) is 0 Å². The van der Waals surface area contributed by atoms with E-state index in [1.807, 2.05) is 0 Å². The minimum Gasteiger partial charge on any atom is -0.394 e. The molecule has 2 rings (SSSR count). The molecule has 12 heteroatoms. The highest BCUT2D eigenvalue weighted by atomic mass is 16.7. The van der Waals surface area contributed by atoms with E-state index in [2.05, 4.69) is 5.32 Å². The number of rotatable bonds is 5. The molecule has 2 aliphatic rings. The van der Waals surface area contributed by atoms with Crippen molar-refractivity contribution in [2.45, 2.75) is 68.3 Å². The van der Waals surface area contributed by atoms with Gasteiger partial charge in [0.15, 0.2) is 12.6 Å². The standard InChI is InChI=1S/C14H25NO11/c1-4(18)15-7-9(20)12(6(3-17)24-13(7)23)26-14-11(22)10(21)8(19)5(2-16)25-14/h5-14,16-17,19-23H,2-3H2,1H3,(H,15,18)/t5-,6-,7-,8-,9-,10+,11+,12-,13-,14+/m1/s1. The van der Waals surface area contributed by atoms with Gasteiger partial charge >= 0.3 is 0 Å². The normalized spacial score (nSPS) is 46.8. The van der Waals surface area contributed by atoms with Crippen LogP contribution in [0.25, 0.3) is 0 Å². The Morgan fingerprint density at radius 2 is 1.54 bits per heavy atom. The van der Waals surface area contributed by atoms with Crippen molar-refractivity contribution >= 4 is 5.91 Å². The molecule has 2 aliphatic heterocycles. The zero-order chi connectivity index (χ0) is 19.6. The molecule has 2 fully saturated rings. The average Bonchev–Trinajstić information content (AvgIpc) is 2.60. The summed E-state index contributed by atoms with van der Waals surface area (Å²) in [6, 6.07) is -1.29. The molecule has 0 aromatic heterocycles. The number of carbonyl (C=O) groups excluding carboxylic acids is 1. The van der Waals surface area contributed by atoms with Crippen LogP contribution in [0.2, 0.25) is 0 Å². The molecular weight excluding hydrogens is 358 g/mol. The predicted octanol–water partition coefficient (Wildman–Crippen LogP) is -5.25. The van der Waals surface area contributed by atoms with Gasteiger partial charge in [0.1, 0.15) is 48.8 Å². The highest BCUT2D eigenvalue weighted by Gasteiger charge is 2.50. The third-order valence-corrected chi connectivity index (χ3v) is 4.38. The second-order valence-corrected chi connectivity index (χ2v) is 6.26. The molecule has 0 radical (unpaired) electrons. The maximum atomic E-state index is 11.2. The fourth-order valence-electron chi connectivity index (χ4n) is 2.98. The van der Waals surface area contributed by atoms with E-state index in [1.165, 1.54) is 0 Å². The summed E-state index contributed by atoms with van der Waals surface area (Å²) in [5, 5.41) is 70.7. The van der Waals surface area contributed by atoms with E-state index in [-0.39, 0.29) is 0 Å². The van der Waals surface area contributed by atoms with Gasteiger partial charge in [-0.2, -0.15) is 0 Å². The van der Waals surface area contributed by atoms with E-state index in [9.17, 15) is 40.5 Å². The SMILES string of the molecule is CC(=O)N[C@@H]1[C@@H](O)[C@H](O[C@@H]2O[C@H](CO)[C@@H](O)[C@H](O)[C@@H]2O)[C@@H](CO)O[C@H]1O. The fraction of sp³-hybridized carbons (Fsp3) is 0.929. The molecule has 0 aliphatic carbocycles. The van der Waals surface area contributed by atoms with Gasteiger partial charge in [-0.1, -0.05) is 0 Å². The maximum Gasteiger partial charge on any atom is 0.217 e. The van der Waals surface area contributed by atoms with Crippen molar-refractivity contribution in [1.29, 1.82) is 0 Å². The second-order valence-electron chi connectivity index (χ2n) is 6.26. The number of hydrogen-bond acceptors (Lipinski definition) is 11. The lowest BCUT2D eigenvalue weighted by atomic mass is 9.95. The Balaban J connectivity index is 2.16. The number of carbonyl (C=O) groups is 1. The summed E-state index contributed by atoms with van der Waals surface area (Å²) < 4.78 is 15.7. The molecule has 26 heavy (non-hydrogen) atoms. The van der Waals surface area contributed by atoms with Crippen LogP contribution in [0.4, 0.5) is 0 Å². The first kappa shape index (κ1) is 21.4. The molecule has 0 unspecified atom stereocenters. The van der Waals surface area contributed by atoms with Gasteiger partial charge in [-0.05, 0) is 0 Å². The first-order chi connectivity index (χ1) is 12.2. The molecule has 2 saturated heterocycles. The number of aliphatic hydroxyl groups excluding tert-OH is 7. The molecular formula is C14H25NO11. The van der Waals surface area contributed by atoms with Gasteiger partial charge in [0.2, 0.25) is 5.91 Å². The smallest absolute Gasteiger partial charge is 0.217 e. The Labute approximate surface area is 148 Å². The first-order valence-corrected chi connectivity index (χ1v) is 8.06. The summed E-state index contributed by atoms with van der Waals surface area (Å²) >= 11 is 0. The number of aliphatic hydroxyl groups is 7. The lowest BCUT2D eigenvalue weighted by Gasteiger charge is -2.46. The Kier molecular flexibility index (Phi) is 7.27. The van der Waals surface area contributed by atoms with Gasteiger partial charge < -0.3 is 55.3 Å². The van der Waals surface area contributed by atoms with Crippen molar-refractivity contribution in [3.05, 3.63) is 0 Å². The zero-order valence-corrected chi connectivity index (χ0v) is 14.0. The highest BCUT2D eigenvalue weighted by molar-refractivity contribution is 5.73. The molecule has 0 spiro atoms. The Morgan fingerprint density at radius 3 is 2.08 bits per heavy atom. The van der Waals surface area contributed by atoms with Gasteiger partial charge in [0, 0.05) is 6.92 Å². The van der Waals surface area contributed by atoms with Crippen LogP contribution in [0.15, 0.2) is 0 Å². The fourth-order valence-corrected chi connectivity index (χ4v) is 2.98. The lowest BCUT2D eigenvalue weighted by molar-refractivity contribution is -0.345. The Morgan fingerprint density at radius 1 is 0.923 bits per heavy atom. The molecule has 8 N–H and O–H groups in total. The molecule has 0 aromatic carbocycles. The maximum absolute atomic E-state index is 11.2. The molecule has 1 amide bonds. The van der Waals surface area contributed by atoms with Gasteiger partial charge in [-0.15, -0.1) is 0 Å². The Bertz CT molecular complexity index is 478. The summed E-state index contributed by atoms with van der Waals surface area (Å²) in [5.41, 5.74) is 0. The minimum absolute atomic E-state index is 0.564. The minimum atomic E-state index is -1.73. The molecule has 12 nitrogen and oxygen atoms in total. The molecule has 0 bridgehead atoms. The van der Waals surface area contributed by atoms with Crippen LogP contribution < -0.4 is 5.32 Å². The number of ether oxygens (including phenoxy) is 3. The van der Waals surface area contributed by atoms with E-state index < -0.39 is 80.5 Å². The van der Waals surface area contributed by atoms with Crippen molar-refractivity contribution in [2.24, 2.45) is 0 Å². The number of nitrogens with one attached hydrogen (secondary N) is 1. The summed E-state index contributed by atoms with van der Waals surface area (Å²) in [6.45, 7) is -0.195. The van der Waals surface area contributed by atoms with E-state index >= 15 is 0 Å². The topological polar surface area (TPSA) is 198 Å². The van der Waals surface area contributed by atoms with Crippen LogP contribution in [-0.2, 0) is 19.0 Å². The molecule has 152 valence electrons. The zero-order valence-electron chi connectivity index (χ0n) is 14.0. The number of hydrogen-bond donors (Lipinski definition) is 8. The monoisotopic (exact) mass is 383 g/mol. The van der Waals surface area contributed by atoms with E-state index in [0.717, 1.165) is 6.92 Å². The molecule has 0 aromatic rings. The molecule has 0 saturated carbocycles. The quantitative estimate of drug-likeness (QED) is 0.226. The average molecular weight is 383 g/mol. The van der Waals surface area contributed by atoms with Crippen molar-refractivity contribution in [3.63, 3.8) is 0 Å². The van der Waals surface area contributed by atoms with Crippen LogP contribution in [0, 0.1) is 0 Å². The largest absolute Gasteiger partial charge is 0.394 e. The van der Waals surface area contributed by atoms with Crippen LogP contribution in [-0.4, -0.2) is 116 Å². The van der Waals surface area contributed by atoms with Crippen molar-refractivity contribution < 1.29 is 54.8 Å². The third-order valence-electron chi connectivity index (χ3n) is 4.38. The van der Waals surface area contributed by atoms with Crippen molar-refractivity contribution in [1.82, 2.24) is 5.32 Å². The van der Waals surface area contributed by atoms with Crippen LogP contribution in [0.5, 0.6) is 0 Å². The van der Waals surface area contributed by atoms with E-state index in [1.54, 1.807) is 0 Å². The van der Waals surface area contributed by atoms with Crippen molar-refractivity contribution in [3.8, 4) is 0 Å². The van der Waals surface area contributed by atoms with E-state index in [4.69, 9.17) is 14.2 Å². The van der Waals surface area contributed by atoms with Crippen LogP contribution in [0.1, 0.15) is 6.92 Å². The first-order valence-electron chi connectivity index (χ1n) is 8.06. The summed E-state index contributed by atoms with van der Waals surface area (Å²) in [5.74, 6) is -0.564. The van der Waals surface area contributed by atoms with Gasteiger partial charge in [-0.25, -0.2) is 0 Å². The Hall–Kier alpha value is -0.930. The summed E-state index contributed by atoms with van der Waals surface area (Å²) in [6.07, 6.45) is -13.6. The molecule has 2 heterocycles. The predicted molar refractivity (Wildman–Crippen MR) is 80.2 cm³/mol. The summed E-state index contributed by atoms with van der Waals surface area (Å²) in [7, 11) is 0. The molecule has 10 atom stereocenters. The van der Waals surface area contributed by atoms with Gasteiger partial charge in [-0.3, -0.25) is 4.79 Å². The van der Waals surface area contributed by atoms with Gasteiger partial charge in [0.05, 0.1) is 13.2 Å². The van der Waals surface area contributed by atoms with Crippen LogP contribution in [0.3, 0.4) is 0 Å². The summed E-state index contributed by atoms with van der Waals surface area (Å²) in [4.78, 5) is 11.2. The lowest BCUT2D eigenvalue weighted by Crippen LogP contribution is -2.67. The second kappa shape index (κ2) is 8.84.